The van der Waals surface area contributed by atoms with Gasteiger partial charge in [-0.3, -0.25) is 14.5 Å². The van der Waals surface area contributed by atoms with Crippen LogP contribution < -0.4 is 14.2 Å². The highest BCUT2D eigenvalue weighted by Crippen LogP contribution is 2.35. The smallest absolute Gasteiger partial charge is 0.387 e. The molecule has 0 atom stereocenters. The summed E-state index contributed by atoms with van der Waals surface area (Å²) < 4.78 is 40.9. The van der Waals surface area contributed by atoms with Crippen molar-refractivity contribution in [2.24, 2.45) is 0 Å². The van der Waals surface area contributed by atoms with Crippen molar-refractivity contribution in [1.29, 1.82) is 0 Å². The van der Waals surface area contributed by atoms with Crippen molar-refractivity contribution in [1.82, 2.24) is 4.90 Å². The van der Waals surface area contributed by atoms with Gasteiger partial charge in [0.15, 0.2) is 11.5 Å². The molecule has 1 aliphatic heterocycles. The molecule has 0 aromatic heterocycles. The Kier molecular flexibility index (Phi) is 7.32. The summed E-state index contributed by atoms with van der Waals surface area (Å²) in [4.78, 5) is 26.6. The highest BCUT2D eigenvalue weighted by Gasteiger charge is 2.34. The minimum Gasteiger partial charge on any atom is -0.491 e. The third-order valence-corrected chi connectivity index (χ3v) is 5.88. The minimum atomic E-state index is -2.99. The van der Waals surface area contributed by atoms with E-state index in [-0.39, 0.29) is 36.2 Å². The Hall–Kier alpha value is -3.59. The van der Waals surface area contributed by atoms with Gasteiger partial charge >= 0.3 is 6.61 Å². The number of hydrogen-bond donors (Lipinski definition) is 0. The molecular weight excluding hydrogens is 464 g/mol. The van der Waals surface area contributed by atoms with Gasteiger partial charge in [-0.1, -0.05) is 42.5 Å². The van der Waals surface area contributed by atoms with Gasteiger partial charge in [-0.25, -0.2) is 0 Å². The number of alkyl halides is 2. The average molecular weight is 486 g/mol. The van der Waals surface area contributed by atoms with Gasteiger partial charge in [0, 0.05) is 5.39 Å². The van der Waals surface area contributed by atoms with Gasteiger partial charge in [-0.05, 0) is 53.9 Å². The fourth-order valence-corrected chi connectivity index (χ4v) is 4.35. The summed E-state index contributed by atoms with van der Waals surface area (Å²) in [6.07, 6.45) is 1.52. The third kappa shape index (κ3) is 5.31. The van der Waals surface area contributed by atoms with Crippen LogP contribution in [0.1, 0.15) is 12.5 Å². The van der Waals surface area contributed by atoms with Gasteiger partial charge in [0.25, 0.3) is 11.1 Å². The Morgan fingerprint density at radius 3 is 2.56 bits per heavy atom. The summed E-state index contributed by atoms with van der Waals surface area (Å²) in [6, 6.07) is 17.8. The summed E-state index contributed by atoms with van der Waals surface area (Å²) in [7, 11) is 0. The lowest BCUT2D eigenvalue weighted by Gasteiger charge is -2.14. The van der Waals surface area contributed by atoms with Crippen LogP contribution in [0.2, 0.25) is 0 Å². The SMILES string of the molecule is CCOc1cc(/C=C2\SC(=O)N(CCOc3cccc4ccccc34)C2=O)ccc1OC(F)F. The van der Waals surface area contributed by atoms with Crippen molar-refractivity contribution < 1.29 is 32.6 Å². The molecule has 0 unspecified atom stereocenters. The first-order valence-corrected chi connectivity index (χ1v) is 11.4. The molecule has 0 spiro atoms. The Morgan fingerprint density at radius 1 is 0.971 bits per heavy atom. The molecule has 0 bridgehead atoms. The zero-order valence-electron chi connectivity index (χ0n) is 18.2. The average Bonchev–Trinajstić information content (AvgIpc) is 3.08. The van der Waals surface area contributed by atoms with Crippen LogP contribution in [-0.2, 0) is 4.79 Å². The molecule has 34 heavy (non-hydrogen) atoms. The zero-order valence-corrected chi connectivity index (χ0v) is 19.0. The maximum absolute atomic E-state index is 12.8. The second-order valence-corrected chi connectivity index (χ2v) is 8.17. The van der Waals surface area contributed by atoms with E-state index in [0.29, 0.717) is 11.3 Å². The molecule has 9 heteroatoms. The van der Waals surface area contributed by atoms with Gasteiger partial charge in [-0.2, -0.15) is 8.78 Å². The van der Waals surface area contributed by atoms with Crippen LogP contribution in [0.25, 0.3) is 16.8 Å². The van der Waals surface area contributed by atoms with Crippen molar-refractivity contribution in [3.05, 3.63) is 71.1 Å². The summed E-state index contributed by atoms with van der Waals surface area (Å²) >= 11 is 0.810. The molecular formula is C25H21F2NO5S. The molecule has 0 N–H and O–H groups in total. The maximum atomic E-state index is 12.8. The van der Waals surface area contributed by atoms with E-state index in [2.05, 4.69) is 4.74 Å². The second kappa shape index (κ2) is 10.6. The lowest BCUT2D eigenvalue weighted by atomic mass is 10.1. The van der Waals surface area contributed by atoms with Crippen molar-refractivity contribution in [3.63, 3.8) is 0 Å². The van der Waals surface area contributed by atoms with E-state index in [4.69, 9.17) is 9.47 Å². The summed E-state index contributed by atoms with van der Waals surface area (Å²) in [5.41, 5.74) is 0.516. The molecule has 1 saturated heterocycles. The molecule has 0 saturated carbocycles. The van der Waals surface area contributed by atoms with E-state index in [0.717, 1.165) is 27.4 Å². The highest BCUT2D eigenvalue weighted by atomic mass is 32.2. The first-order valence-electron chi connectivity index (χ1n) is 10.5. The Balaban J connectivity index is 1.44. The van der Waals surface area contributed by atoms with Crippen LogP contribution in [-0.4, -0.2) is 42.4 Å². The number of benzene rings is 3. The van der Waals surface area contributed by atoms with E-state index in [1.165, 1.54) is 24.3 Å². The predicted octanol–water partition coefficient (Wildman–Crippen LogP) is 5.96. The number of amides is 2. The molecule has 1 aliphatic rings. The zero-order chi connectivity index (χ0) is 24.1. The van der Waals surface area contributed by atoms with Crippen LogP contribution >= 0.6 is 11.8 Å². The van der Waals surface area contributed by atoms with Crippen molar-refractivity contribution in [3.8, 4) is 17.2 Å². The number of ether oxygens (including phenoxy) is 3. The number of hydrogen-bond acceptors (Lipinski definition) is 6. The third-order valence-electron chi connectivity index (χ3n) is 4.98. The van der Waals surface area contributed by atoms with E-state index in [9.17, 15) is 18.4 Å². The van der Waals surface area contributed by atoms with Gasteiger partial charge in [-0.15, -0.1) is 0 Å². The fraction of sp³-hybridized carbons (Fsp3) is 0.200. The van der Waals surface area contributed by atoms with Crippen molar-refractivity contribution >= 4 is 39.8 Å². The molecule has 2 amide bonds. The first-order chi connectivity index (χ1) is 16.5. The molecule has 3 aromatic carbocycles. The molecule has 4 rings (SSSR count). The van der Waals surface area contributed by atoms with E-state index < -0.39 is 17.8 Å². The quantitative estimate of drug-likeness (QED) is 0.349. The summed E-state index contributed by atoms with van der Waals surface area (Å²) in [5, 5.41) is 1.58. The topological polar surface area (TPSA) is 65.1 Å². The van der Waals surface area contributed by atoms with Crippen LogP contribution in [0.4, 0.5) is 13.6 Å². The molecule has 1 fully saturated rings. The Bertz CT molecular complexity index is 1240. The fourth-order valence-electron chi connectivity index (χ4n) is 3.49. The number of carbonyl (C=O) groups excluding carboxylic acids is 2. The largest absolute Gasteiger partial charge is 0.491 e. The molecule has 6 nitrogen and oxygen atoms in total. The molecule has 3 aromatic rings. The molecule has 176 valence electrons. The standard InChI is InChI=1S/C25H21F2NO5S/c1-2-31-21-14-16(10-11-20(21)33-24(26)27)15-22-23(29)28(25(30)34-22)12-13-32-19-9-5-7-17-6-3-4-8-18(17)19/h3-11,14-15,24H,2,12-13H2,1H3/b22-15-. The molecule has 0 aliphatic carbocycles. The van der Waals surface area contributed by atoms with Gasteiger partial charge in [0.1, 0.15) is 12.4 Å². The Labute approximate surface area is 199 Å². The Morgan fingerprint density at radius 2 is 1.76 bits per heavy atom. The second-order valence-electron chi connectivity index (χ2n) is 7.18. The minimum absolute atomic E-state index is 0.0938. The van der Waals surface area contributed by atoms with Crippen LogP contribution in [0.5, 0.6) is 17.2 Å². The lowest BCUT2D eigenvalue weighted by molar-refractivity contribution is -0.123. The molecule has 1 heterocycles. The maximum Gasteiger partial charge on any atom is 0.387 e. The number of carbonyl (C=O) groups is 2. The molecule has 0 radical (unpaired) electrons. The summed E-state index contributed by atoms with van der Waals surface area (Å²) in [6.45, 7) is -0.789. The number of thioether (sulfide) groups is 1. The van der Waals surface area contributed by atoms with Gasteiger partial charge in [0.2, 0.25) is 0 Å². The number of nitrogens with zero attached hydrogens (tertiary/aromatic N) is 1. The summed E-state index contributed by atoms with van der Waals surface area (Å²) in [5.74, 6) is 0.254. The van der Waals surface area contributed by atoms with E-state index >= 15 is 0 Å². The lowest BCUT2D eigenvalue weighted by Crippen LogP contribution is -2.32. The highest BCUT2D eigenvalue weighted by molar-refractivity contribution is 8.18. The van der Waals surface area contributed by atoms with E-state index in [1.54, 1.807) is 6.92 Å². The van der Waals surface area contributed by atoms with Gasteiger partial charge < -0.3 is 14.2 Å². The van der Waals surface area contributed by atoms with Crippen molar-refractivity contribution in [2.75, 3.05) is 19.8 Å². The predicted molar refractivity (Wildman–Crippen MR) is 126 cm³/mol. The van der Waals surface area contributed by atoms with Gasteiger partial charge in [0.05, 0.1) is 18.1 Å². The van der Waals surface area contributed by atoms with E-state index in [1.807, 2.05) is 42.5 Å². The van der Waals surface area contributed by atoms with Crippen LogP contribution in [0, 0.1) is 0 Å². The number of rotatable bonds is 9. The van der Waals surface area contributed by atoms with Crippen LogP contribution in [0.3, 0.4) is 0 Å². The number of halogens is 2. The van der Waals surface area contributed by atoms with Crippen LogP contribution in [0.15, 0.2) is 65.6 Å². The number of fused-ring (bicyclic) bond motifs is 1. The first kappa shape index (κ1) is 23.6. The van der Waals surface area contributed by atoms with Crippen molar-refractivity contribution in [2.45, 2.75) is 13.5 Å². The monoisotopic (exact) mass is 485 g/mol. The number of imide groups is 1. The normalized spacial score (nSPS) is 14.9.